The van der Waals surface area contributed by atoms with Crippen LogP contribution >= 0.6 is 0 Å². The Morgan fingerprint density at radius 2 is 1.06 bits per heavy atom. The van der Waals surface area contributed by atoms with Gasteiger partial charge >= 0.3 is 40.3 Å². The molecule has 4 nitrogen and oxygen atoms in total. The van der Waals surface area contributed by atoms with E-state index in [-0.39, 0.29) is 51.1 Å². The molecule has 0 aliphatic heterocycles. The second-order valence-corrected chi connectivity index (χ2v) is 8.66. The fourth-order valence-corrected chi connectivity index (χ4v) is 1.76. The molecule has 0 aromatic carbocycles. The van der Waals surface area contributed by atoms with Crippen LogP contribution in [0.4, 0.5) is 22.0 Å². The quantitative estimate of drug-likeness (QED) is 0.146. The molecular formula is C20H37Cu2F5N4. The zero-order chi connectivity index (χ0) is 23.6. The van der Waals surface area contributed by atoms with Gasteiger partial charge in [-0.05, 0) is 23.9 Å². The third kappa shape index (κ3) is 22.6. The number of hydrogen-bond acceptors (Lipinski definition) is 2. The zero-order valence-electron chi connectivity index (χ0n) is 19.9. The predicted octanol–water partition coefficient (Wildman–Crippen LogP) is 7.53. The number of aliphatic imine (C=N–C) groups is 2. The van der Waals surface area contributed by atoms with E-state index in [1.807, 2.05) is 48.5 Å². The van der Waals surface area contributed by atoms with E-state index < -0.39 is 24.7 Å². The summed E-state index contributed by atoms with van der Waals surface area (Å²) >= 11 is 0. The minimum absolute atomic E-state index is 0. The molecule has 0 aromatic heterocycles. The summed E-state index contributed by atoms with van der Waals surface area (Å²) in [5, 5.41) is 7.46. The largest absolute Gasteiger partial charge is 1.00 e. The Morgan fingerprint density at radius 1 is 0.742 bits per heavy atom. The average Bonchev–Trinajstić information content (AvgIpc) is 2.50. The van der Waals surface area contributed by atoms with Crippen molar-refractivity contribution in [1.82, 2.24) is 0 Å². The summed E-state index contributed by atoms with van der Waals surface area (Å²) in [6.07, 6.45) is -5.69. The van der Waals surface area contributed by atoms with Crippen molar-refractivity contribution >= 4 is 11.7 Å². The van der Waals surface area contributed by atoms with Crippen LogP contribution in [0.15, 0.2) is 9.98 Å². The van der Waals surface area contributed by atoms with E-state index in [1.165, 1.54) is 6.92 Å². The van der Waals surface area contributed by atoms with Crippen LogP contribution < -0.4 is 0 Å². The Morgan fingerprint density at radius 3 is 1.29 bits per heavy atom. The van der Waals surface area contributed by atoms with Crippen LogP contribution in [-0.2, 0) is 34.1 Å². The monoisotopic (exact) mass is 554 g/mol. The minimum Gasteiger partial charge on any atom is -0.463 e. The molecule has 0 saturated heterocycles. The van der Waals surface area contributed by atoms with Crippen molar-refractivity contribution in [2.24, 2.45) is 9.98 Å². The molecular weight excluding hydrogens is 518 g/mol. The van der Waals surface area contributed by atoms with E-state index in [0.717, 1.165) is 6.92 Å². The molecule has 0 heterocycles. The Balaban J connectivity index is -0.000000221. The van der Waals surface area contributed by atoms with E-state index in [0.29, 0.717) is 18.7 Å². The first-order valence-corrected chi connectivity index (χ1v) is 9.76. The predicted molar refractivity (Wildman–Crippen MR) is 113 cm³/mol. The molecule has 31 heavy (non-hydrogen) atoms. The molecule has 2 atom stereocenters. The van der Waals surface area contributed by atoms with Crippen molar-refractivity contribution in [2.75, 3.05) is 0 Å². The topological polar surface area (TPSA) is 52.9 Å². The van der Waals surface area contributed by atoms with Gasteiger partial charge in [0, 0.05) is 6.04 Å². The third-order valence-corrected chi connectivity index (χ3v) is 3.10. The van der Waals surface area contributed by atoms with Gasteiger partial charge in [-0.1, -0.05) is 80.9 Å². The van der Waals surface area contributed by atoms with Crippen molar-refractivity contribution in [3.63, 3.8) is 0 Å². The SMILES string of the molecule is CCC(=NC(C)(C)C)[N-]C(C)C(F)(F)F.CCC(=NC(C)(C)C)[N-]C(C)C(F)F.[Cu+].[Cu+]. The van der Waals surface area contributed by atoms with Crippen LogP contribution in [0.25, 0.3) is 10.6 Å². The molecule has 194 valence electrons. The van der Waals surface area contributed by atoms with Crippen LogP contribution in [0.2, 0.25) is 0 Å². The number of amidine groups is 2. The normalized spacial score (nSPS) is 15.1. The van der Waals surface area contributed by atoms with Gasteiger partial charge in [0.2, 0.25) is 6.43 Å². The first-order chi connectivity index (χ1) is 12.8. The first-order valence-electron chi connectivity index (χ1n) is 9.76. The zero-order valence-corrected chi connectivity index (χ0v) is 21.8. The number of halogens is 5. The fourth-order valence-electron chi connectivity index (χ4n) is 1.76. The Kier molecular flexibility index (Phi) is 19.9. The summed E-state index contributed by atoms with van der Waals surface area (Å²) in [5.74, 6) is 0.789. The molecule has 0 rings (SSSR count). The van der Waals surface area contributed by atoms with Gasteiger partial charge in [0.05, 0.1) is 6.04 Å². The smallest absolute Gasteiger partial charge is 0.463 e. The number of alkyl halides is 5. The molecule has 11 heteroatoms. The molecule has 0 aliphatic rings. The van der Waals surface area contributed by atoms with Gasteiger partial charge in [0.1, 0.15) is 0 Å². The molecule has 2 unspecified atom stereocenters. The molecule has 0 bridgehead atoms. The summed E-state index contributed by atoms with van der Waals surface area (Å²) in [6.45, 7) is 17.3. The van der Waals surface area contributed by atoms with Gasteiger partial charge in [-0.15, -0.1) is 0 Å². The van der Waals surface area contributed by atoms with E-state index in [4.69, 9.17) is 0 Å². The first kappa shape index (κ1) is 37.9. The fraction of sp³-hybridized carbons (Fsp3) is 0.900. The van der Waals surface area contributed by atoms with Crippen molar-refractivity contribution in [2.45, 2.75) is 118 Å². The molecule has 0 aromatic rings. The van der Waals surface area contributed by atoms with Crippen LogP contribution in [-0.4, -0.2) is 47.4 Å². The van der Waals surface area contributed by atoms with Crippen molar-refractivity contribution in [1.29, 1.82) is 0 Å². The molecule has 0 fully saturated rings. The summed E-state index contributed by atoms with van der Waals surface area (Å²) in [4.78, 5) is 8.40. The molecule has 0 amide bonds. The maximum absolute atomic E-state index is 12.2. The van der Waals surface area contributed by atoms with Gasteiger partial charge in [0.15, 0.2) is 0 Å². The van der Waals surface area contributed by atoms with Crippen LogP contribution in [0.3, 0.4) is 0 Å². The number of hydrogen-bond donors (Lipinski definition) is 0. The van der Waals surface area contributed by atoms with Crippen LogP contribution in [0.1, 0.15) is 82.1 Å². The number of nitrogens with zero attached hydrogens (tertiary/aromatic N) is 4. The van der Waals surface area contributed by atoms with Crippen molar-refractivity contribution in [3.8, 4) is 0 Å². The summed E-state index contributed by atoms with van der Waals surface area (Å²) in [5.41, 5.74) is -0.642. The minimum atomic E-state index is -4.28. The van der Waals surface area contributed by atoms with E-state index in [1.54, 1.807) is 6.92 Å². The molecule has 0 saturated carbocycles. The Hall–Kier alpha value is -0.371. The van der Waals surface area contributed by atoms with Gasteiger partial charge < -0.3 is 20.6 Å². The summed E-state index contributed by atoms with van der Waals surface area (Å²) < 4.78 is 61.1. The van der Waals surface area contributed by atoms with Gasteiger partial charge in [0.25, 0.3) is 0 Å². The van der Waals surface area contributed by atoms with Crippen molar-refractivity contribution < 1.29 is 56.1 Å². The maximum atomic E-state index is 12.2. The standard InChI is InChI=1S/C10H18F3N2.C10H19F2N2.2Cu/c1-6-8(15-9(3,4)5)14-7(2)10(11,12)13;1-6-8(14-10(3,4)5)13-7(2)9(11)12;;/h7H,6H2,1-5H3;7,9H,6H2,1-5H3;;/q2*-1;2*+1. The van der Waals surface area contributed by atoms with Gasteiger partial charge in [-0.3, -0.25) is 0 Å². The second-order valence-electron chi connectivity index (χ2n) is 8.66. The maximum Gasteiger partial charge on any atom is 1.00 e. The average molecular weight is 556 g/mol. The van der Waals surface area contributed by atoms with E-state index in [9.17, 15) is 22.0 Å². The van der Waals surface area contributed by atoms with Crippen LogP contribution in [0, 0.1) is 0 Å². The van der Waals surface area contributed by atoms with Gasteiger partial charge in [-0.2, -0.15) is 13.2 Å². The van der Waals surface area contributed by atoms with E-state index >= 15 is 0 Å². The Labute approximate surface area is 206 Å². The van der Waals surface area contributed by atoms with Crippen molar-refractivity contribution in [3.05, 3.63) is 10.6 Å². The van der Waals surface area contributed by atoms with E-state index in [2.05, 4.69) is 20.6 Å². The Bertz CT molecular complexity index is 525. The molecule has 0 aliphatic carbocycles. The van der Waals surface area contributed by atoms with Gasteiger partial charge in [-0.25, -0.2) is 8.78 Å². The third-order valence-electron chi connectivity index (χ3n) is 3.10. The second kappa shape index (κ2) is 16.3. The molecule has 0 spiro atoms. The number of rotatable bonds is 5. The molecule has 0 radical (unpaired) electrons. The van der Waals surface area contributed by atoms with Crippen LogP contribution in [0.5, 0.6) is 0 Å². The molecule has 0 N–H and O–H groups in total. The summed E-state index contributed by atoms with van der Waals surface area (Å²) in [6, 6.07) is -2.64. The summed E-state index contributed by atoms with van der Waals surface area (Å²) in [7, 11) is 0.